The lowest BCUT2D eigenvalue weighted by atomic mass is 10.1. The number of hydrogen-bond donors (Lipinski definition) is 1. The van der Waals surface area contributed by atoms with Crippen LogP contribution in [-0.2, 0) is 26.9 Å². The summed E-state index contributed by atoms with van der Waals surface area (Å²) < 4.78 is 4.14. The first-order chi connectivity index (χ1) is 10.0. The van der Waals surface area contributed by atoms with E-state index in [0.29, 0.717) is 17.3 Å². The van der Waals surface area contributed by atoms with Crippen molar-refractivity contribution < 1.29 is 5.11 Å². The molecule has 1 heterocycles. The average molecular weight is 306 g/mol. The Balaban J connectivity index is 2.14. The molecule has 0 aliphatic heterocycles. The van der Waals surface area contributed by atoms with Gasteiger partial charge in [-0.15, -0.1) is 0 Å². The van der Waals surface area contributed by atoms with E-state index in [4.69, 9.17) is 12.2 Å². The molecule has 1 N–H and O–H groups in total. The fraction of sp³-hybridized carbons (Fsp3) is 0.467. The van der Waals surface area contributed by atoms with Crippen LogP contribution >= 0.6 is 12.2 Å². The van der Waals surface area contributed by atoms with Gasteiger partial charge >= 0.3 is 0 Å². The first kappa shape index (κ1) is 15.9. The molecular weight excluding hydrogens is 284 g/mol. The highest BCUT2D eigenvalue weighted by molar-refractivity contribution is 7.71. The van der Waals surface area contributed by atoms with Gasteiger partial charge in [0.25, 0.3) is 0 Å². The van der Waals surface area contributed by atoms with Gasteiger partial charge in [-0.1, -0.05) is 36.8 Å². The predicted molar refractivity (Wildman–Crippen MR) is 85.2 cm³/mol. The Morgan fingerprint density at radius 1 is 1.38 bits per heavy atom. The summed E-state index contributed by atoms with van der Waals surface area (Å²) in [6.07, 6.45) is 0. The van der Waals surface area contributed by atoms with Crippen molar-refractivity contribution >= 4 is 12.2 Å². The smallest absolute Gasteiger partial charge is 0.198 e. The molecule has 1 aromatic heterocycles. The molecule has 5 nitrogen and oxygen atoms in total. The zero-order chi connectivity index (χ0) is 15.4. The van der Waals surface area contributed by atoms with Gasteiger partial charge in [-0.25, -0.2) is 4.68 Å². The molecule has 21 heavy (non-hydrogen) atoms. The largest absolute Gasteiger partial charge is 0.388 e. The highest BCUT2D eigenvalue weighted by Gasteiger charge is 2.10. The number of rotatable bonds is 6. The molecular formula is C15H22N4OS. The summed E-state index contributed by atoms with van der Waals surface area (Å²) in [5.41, 5.74) is 2.54. The second-order valence-electron chi connectivity index (χ2n) is 5.19. The maximum Gasteiger partial charge on any atom is 0.198 e. The normalized spacial score (nSPS) is 11.3. The molecule has 2 aromatic rings. The molecule has 2 rings (SSSR count). The lowest BCUT2D eigenvalue weighted by Crippen LogP contribution is -2.26. The Morgan fingerprint density at radius 3 is 2.71 bits per heavy atom. The van der Waals surface area contributed by atoms with Crippen LogP contribution in [0.3, 0.4) is 0 Å². The fourth-order valence-electron chi connectivity index (χ4n) is 2.28. The molecule has 1 aromatic carbocycles. The Kier molecular flexibility index (Phi) is 5.27. The van der Waals surface area contributed by atoms with Gasteiger partial charge in [0.05, 0.1) is 6.67 Å². The summed E-state index contributed by atoms with van der Waals surface area (Å²) in [7, 11) is 1.83. The lowest BCUT2D eigenvalue weighted by Gasteiger charge is -2.20. The van der Waals surface area contributed by atoms with E-state index < -0.39 is 0 Å². The van der Waals surface area contributed by atoms with Crippen LogP contribution in [0.2, 0.25) is 0 Å². The Bertz CT molecular complexity index is 662. The molecule has 0 amide bonds. The maximum atomic E-state index is 9.26. The van der Waals surface area contributed by atoms with E-state index >= 15 is 0 Å². The molecule has 0 aliphatic rings. The molecule has 6 heteroatoms. The number of aliphatic hydroxyl groups is 1. The number of aromatic nitrogens is 3. The van der Waals surface area contributed by atoms with Crippen LogP contribution in [0.15, 0.2) is 24.3 Å². The molecule has 0 fully saturated rings. The first-order valence-electron chi connectivity index (χ1n) is 7.06. The molecule has 0 atom stereocenters. The lowest BCUT2D eigenvalue weighted by molar-refractivity contribution is 0.205. The van der Waals surface area contributed by atoms with Crippen LogP contribution in [0.4, 0.5) is 0 Å². The van der Waals surface area contributed by atoms with Crippen molar-refractivity contribution in [2.24, 2.45) is 7.05 Å². The van der Waals surface area contributed by atoms with Gasteiger partial charge in [0.2, 0.25) is 0 Å². The van der Waals surface area contributed by atoms with Gasteiger partial charge in [0, 0.05) is 13.6 Å². The van der Waals surface area contributed by atoms with E-state index in [-0.39, 0.29) is 6.61 Å². The summed E-state index contributed by atoms with van der Waals surface area (Å²) in [4.78, 5) is 2.26. The second-order valence-corrected chi connectivity index (χ2v) is 5.56. The molecule has 0 spiro atoms. The van der Waals surface area contributed by atoms with Crippen LogP contribution in [0.25, 0.3) is 0 Å². The van der Waals surface area contributed by atoms with Gasteiger partial charge in [0.1, 0.15) is 6.61 Å². The fourth-order valence-corrected chi connectivity index (χ4v) is 2.49. The van der Waals surface area contributed by atoms with Gasteiger partial charge in [0.15, 0.2) is 10.6 Å². The van der Waals surface area contributed by atoms with Crippen molar-refractivity contribution in [3.8, 4) is 0 Å². The standard InChI is InChI=1S/C15H22N4OS/c1-4-18(9-13-7-5-6-12(2)8-13)11-19-15(21)17(3)14(10-20)16-19/h5-8,20H,4,9-11H2,1-3H3. The van der Waals surface area contributed by atoms with Gasteiger partial charge < -0.3 is 9.67 Å². The van der Waals surface area contributed by atoms with Crippen LogP contribution in [0.5, 0.6) is 0 Å². The highest BCUT2D eigenvalue weighted by Crippen LogP contribution is 2.09. The van der Waals surface area contributed by atoms with Gasteiger partial charge in [-0.05, 0) is 31.2 Å². The minimum atomic E-state index is -0.100. The Morgan fingerprint density at radius 2 is 2.14 bits per heavy atom. The number of aliphatic hydroxyl groups excluding tert-OH is 1. The third-order valence-corrected chi connectivity index (χ3v) is 4.03. The van der Waals surface area contributed by atoms with Crippen molar-refractivity contribution in [1.82, 2.24) is 19.2 Å². The van der Waals surface area contributed by atoms with Crippen molar-refractivity contribution in [2.75, 3.05) is 6.54 Å². The third kappa shape index (κ3) is 3.78. The number of hydrogen-bond acceptors (Lipinski definition) is 4. The summed E-state index contributed by atoms with van der Waals surface area (Å²) in [5, 5.41) is 13.6. The Hall–Kier alpha value is -1.50. The highest BCUT2D eigenvalue weighted by atomic mass is 32.1. The van der Waals surface area contributed by atoms with Crippen LogP contribution in [0.1, 0.15) is 23.9 Å². The SMILES string of the molecule is CCN(Cc1cccc(C)c1)Cn1nc(CO)n(C)c1=S. The van der Waals surface area contributed by atoms with E-state index in [0.717, 1.165) is 13.1 Å². The summed E-state index contributed by atoms with van der Waals surface area (Å²) >= 11 is 5.36. The van der Waals surface area contributed by atoms with E-state index in [2.05, 4.69) is 48.1 Å². The average Bonchev–Trinajstić information content (AvgIpc) is 2.74. The van der Waals surface area contributed by atoms with Crippen molar-refractivity contribution in [2.45, 2.75) is 33.7 Å². The molecule has 0 unspecified atom stereocenters. The van der Waals surface area contributed by atoms with Crippen LogP contribution in [-0.4, -0.2) is 30.9 Å². The van der Waals surface area contributed by atoms with E-state index in [1.165, 1.54) is 11.1 Å². The van der Waals surface area contributed by atoms with Crippen molar-refractivity contribution in [1.29, 1.82) is 0 Å². The number of nitrogens with zero attached hydrogens (tertiary/aromatic N) is 4. The zero-order valence-electron chi connectivity index (χ0n) is 12.8. The first-order valence-corrected chi connectivity index (χ1v) is 7.47. The zero-order valence-corrected chi connectivity index (χ0v) is 13.6. The predicted octanol–water partition coefficient (Wildman–Crippen LogP) is 2.23. The van der Waals surface area contributed by atoms with Crippen LogP contribution in [0, 0.1) is 11.7 Å². The maximum absolute atomic E-state index is 9.26. The number of benzene rings is 1. The van der Waals surface area contributed by atoms with Crippen LogP contribution < -0.4 is 0 Å². The molecule has 0 bridgehead atoms. The molecule has 0 saturated carbocycles. The van der Waals surface area contributed by atoms with Gasteiger partial charge in [-0.2, -0.15) is 5.10 Å². The van der Waals surface area contributed by atoms with E-state index in [1.54, 1.807) is 9.25 Å². The van der Waals surface area contributed by atoms with E-state index in [1.807, 2.05) is 7.05 Å². The topological polar surface area (TPSA) is 46.2 Å². The minimum Gasteiger partial charge on any atom is -0.388 e. The monoisotopic (exact) mass is 306 g/mol. The quantitative estimate of drug-likeness (QED) is 0.831. The summed E-state index contributed by atoms with van der Waals surface area (Å²) in [6.45, 7) is 6.50. The summed E-state index contributed by atoms with van der Waals surface area (Å²) in [5.74, 6) is 0.589. The van der Waals surface area contributed by atoms with Crippen molar-refractivity contribution in [3.05, 3.63) is 46.0 Å². The summed E-state index contributed by atoms with van der Waals surface area (Å²) in [6, 6.07) is 8.50. The molecule has 114 valence electrons. The van der Waals surface area contributed by atoms with E-state index in [9.17, 15) is 5.11 Å². The van der Waals surface area contributed by atoms with Gasteiger partial charge in [-0.3, -0.25) is 4.90 Å². The molecule has 0 aliphatic carbocycles. The van der Waals surface area contributed by atoms with Crippen molar-refractivity contribution in [3.63, 3.8) is 0 Å². The molecule has 0 radical (unpaired) electrons. The minimum absolute atomic E-state index is 0.100. The Labute approximate surface area is 130 Å². The third-order valence-electron chi connectivity index (χ3n) is 3.54. The molecule has 0 saturated heterocycles. The number of aryl methyl sites for hydroxylation is 1. The second kappa shape index (κ2) is 6.98.